The third-order valence-corrected chi connectivity index (χ3v) is 5.60. The molecule has 140 valence electrons. The highest BCUT2D eigenvalue weighted by Crippen LogP contribution is 2.27. The summed E-state index contributed by atoms with van der Waals surface area (Å²) in [7, 11) is -3.35. The van der Waals surface area contributed by atoms with E-state index in [1.165, 1.54) is 12.5 Å². The molecule has 26 heavy (non-hydrogen) atoms. The van der Waals surface area contributed by atoms with Crippen molar-refractivity contribution in [3.05, 3.63) is 42.0 Å². The minimum Gasteiger partial charge on any atom is -0.354 e. The smallest absolute Gasteiger partial charge is 0.222 e. The van der Waals surface area contributed by atoms with E-state index in [-0.39, 0.29) is 10.8 Å². The van der Waals surface area contributed by atoms with Gasteiger partial charge >= 0.3 is 0 Å². The molecule has 2 aromatic heterocycles. The van der Waals surface area contributed by atoms with E-state index in [9.17, 15) is 8.42 Å². The van der Waals surface area contributed by atoms with Crippen LogP contribution in [0.15, 0.2) is 35.5 Å². The standard InChI is InChI=1S/C18H25N5O2S/c1-26(24,25)16-13-22-18(23-17(16)14-6-4-9-19-12-14)21-11-5-8-15-7-2-3-10-20-15/h2-3,7,10,13-14,19H,4-6,8-9,11-12H2,1H3,(H,21,22,23). The molecule has 0 saturated carbocycles. The van der Waals surface area contributed by atoms with E-state index in [0.717, 1.165) is 44.5 Å². The zero-order valence-electron chi connectivity index (χ0n) is 15.0. The Hall–Kier alpha value is -2.06. The van der Waals surface area contributed by atoms with Crippen molar-refractivity contribution in [2.75, 3.05) is 31.2 Å². The highest BCUT2D eigenvalue weighted by atomic mass is 32.2. The Balaban J connectivity index is 1.67. The molecule has 0 radical (unpaired) electrons. The largest absolute Gasteiger partial charge is 0.354 e. The molecule has 3 heterocycles. The number of nitrogens with zero attached hydrogens (tertiary/aromatic N) is 3. The molecule has 2 N–H and O–H groups in total. The molecule has 0 aliphatic carbocycles. The van der Waals surface area contributed by atoms with E-state index >= 15 is 0 Å². The first-order valence-electron chi connectivity index (χ1n) is 8.95. The number of hydrogen-bond acceptors (Lipinski definition) is 7. The van der Waals surface area contributed by atoms with Crippen LogP contribution in [-0.2, 0) is 16.3 Å². The molecule has 8 heteroatoms. The summed E-state index contributed by atoms with van der Waals surface area (Å²) in [6, 6.07) is 5.89. The monoisotopic (exact) mass is 375 g/mol. The van der Waals surface area contributed by atoms with Crippen molar-refractivity contribution < 1.29 is 8.42 Å². The number of aromatic nitrogens is 3. The van der Waals surface area contributed by atoms with E-state index in [4.69, 9.17) is 0 Å². The van der Waals surface area contributed by atoms with E-state index in [1.54, 1.807) is 6.20 Å². The molecule has 0 spiro atoms. The van der Waals surface area contributed by atoms with Crippen molar-refractivity contribution in [3.63, 3.8) is 0 Å². The summed E-state index contributed by atoms with van der Waals surface area (Å²) in [6.07, 6.45) is 8.17. The fraction of sp³-hybridized carbons (Fsp3) is 0.500. The van der Waals surface area contributed by atoms with Crippen LogP contribution in [0.3, 0.4) is 0 Å². The van der Waals surface area contributed by atoms with Gasteiger partial charge in [-0.05, 0) is 44.4 Å². The highest BCUT2D eigenvalue weighted by molar-refractivity contribution is 7.90. The van der Waals surface area contributed by atoms with Gasteiger partial charge in [0.05, 0.1) is 11.9 Å². The maximum absolute atomic E-state index is 12.1. The van der Waals surface area contributed by atoms with Gasteiger partial charge in [-0.3, -0.25) is 4.98 Å². The molecule has 1 atom stereocenters. The summed E-state index contributed by atoms with van der Waals surface area (Å²) < 4.78 is 24.2. The third-order valence-electron chi connectivity index (χ3n) is 4.48. The van der Waals surface area contributed by atoms with Crippen molar-refractivity contribution in [1.29, 1.82) is 0 Å². The van der Waals surface area contributed by atoms with Crippen molar-refractivity contribution in [2.45, 2.75) is 36.5 Å². The molecule has 2 aromatic rings. The minimum atomic E-state index is -3.35. The van der Waals surface area contributed by atoms with E-state index < -0.39 is 9.84 Å². The second-order valence-corrected chi connectivity index (χ2v) is 8.59. The molecule has 1 fully saturated rings. The summed E-state index contributed by atoms with van der Waals surface area (Å²) in [5, 5.41) is 6.53. The van der Waals surface area contributed by atoms with Crippen LogP contribution < -0.4 is 10.6 Å². The molecule has 0 bridgehead atoms. The van der Waals surface area contributed by atoms with Crippen LogP contribution in [0.25, 0.3) is 0 Å². The lowest BCUT2D eigenvalue weighted by Crippen LogP contribution is -2.30. The van der Waals surface area contributed by atoms with Gasteiger partial charge in [0.15, 0.2) is 9.84 Å². The van der Waals surface area contributed by atoms with Gasteiger partial charge in [-0.25, -0.2) is 18.4 Å². The second-order valence-electron chi connectivity index (χ2n) is 6.61. The molecular weight excluding hydrogens is 350 g/mol. The molecule has 0 aromatic carbocycles. The zero-order chi connectivity index (χ0) is 18.4. The SMILES string of the molecule is CS(=O)(=O)c1cnc(NCCCc2ccccn2)nc1C1CCCNC1. The third kappa shape index (κ3) is 4.98. The van der Waals surface area contributed by atoms with Gasteiger partial charge < -0.3 is 10.6 Å². The average Bonchev–Trinajstić information content (AvgIpc) is 2.66. The molecule has 1 saturated heterocycles. The molecule has 7 nitrogen and oxygen atoms in total. The Labute approximate surface area is 154 Å². The molecule has 1 aliphatic heterocycles. The van der Waals surface area contributed by atoms with Crippen LogP contribution in [0.4, 0.5) is 5.95 Å². The van der Waals surface area contributed by atoms with Gasteiger partial charge in [0.2, 0.25) is 5.95 Å². The Kier molecular flexibility index (Phi) is 6.16. The maximum Gasteiger partial charge on any atom is 0.222 e. The Morgan fingerprint density at radius 1 is 1.31 bits per heavy atom. The number of nitrogens with one attached hydrogen (secondary N) is 2. The minimum absolute atomic E-state index is 0.102. The Bertz CT molecular complexity index is 821. The van der Waals surface area contributed by atoms with Gasteiger partial charge in [-0.2, -0.15) is 0 Å². The lowest BCUT2D eigenvalue weighted by atomic mass is 9.96. The van der Waals surface area contributed by atoms with E-state index in [1.807, 2.05) is 18.2 Å². The van der Waals surface area contributed by atoms with Crippen molar-refractivity contribution in [2.24, 2.45) is 0 Å². The van der Waals surface area contributed by atoms with Gasteiger partial charge in [-0.15, -0.1) is 0 Å². The van der Waals surface area contributed by atoms with Crippen molar-refractivity contribution in [3.8, 4) is 0 Å². The maximum atomic E-state index is 12.1. The van der Waals surface area contributed by atoms with Crippen molar-refractivity contribution in [1.82, 2.24) is 20.3 Å². The Morgan fingerprint density at radius 2 is 2.19 bits per heavy atom. The Morgan fingerprint density at radius 3 is 2.88 bits per heavy atom. The number of hydrogen-bond donors (Lipinski definition) is 2. The van der Waals surface area contributed by atoms with E-state index in [2.05, 4.69) is 25.6 Å². The molecule has 1 unspecified atom stereocenters. The summed E-state index contributed by atoms with van der Waals surface area (Å²) in [5.41, 5.74) is 1.68. The first kappa shape index (κ1) is 18.7. The van der Waals surface area contributed by atoms with Crippen LogP contribution in [0.2, 0.25) is 0 Å². The summed E-state index contributed by atoms with van der Waals surface area (Å²) >= 11 is 0. The number of anilines is 1. The molecule has 3 rings (SSSR count). The highest BCUT2D eigenvalue weighted by Gasteiger charge is 2.25. The van der Waals surface area contributed by atoms with Gasteiger partial charge in [0.1, 0.15) is 4.90 Å². The number of rotatable bonds is 7. The van der Waals surface area contributed by atoms with Gasteiger partial charge in [0, 0.05) is 37.2 Å². The summed E-state index contributed by atoms with van der Waals surface area (Å²) in [4.78, 5) is 13.3. The predicted molar refractivity (Wildman–Crippen MR) is 101 cm³/mol. The van der Waals surface area contributed by atoms with Crippen LogP contribution in [0, 0.1) is 0 Å². The summed E-state index contributed by atoms with van der Waals surface area (Å²) in [5.74, 6) is 0.588. The molecule has 0 amide bonds. The number of aryl methyl sites for hydroxylation is 1. The van der Waals surface area contributed by atoms with Crippen LogP contribution >= 0.6 is 0 Å². The van der Waals surface area contributed by atoms with Gasteiger partial charge in [0.25, 0.3) is 0 Å². The topological polar surface area (TPSA) is 96.9 Å². The normalized spacial score (nSPS) is 17.8. The fourth-order valence-electron chi connectivity index (χ4n) is 3.15. The van der Waals surface area contributed by atoms with Crippen LogP contribution in [0.5, 0.6) is 0 Å². The number of sulfone groups is 1. The van der Waals surface area contributed by atoms with E-state index in [0.29, 0.717) is 18.2 Å². The zero-order valence-corrected chi connectivity index (χ0v) is 15.8. The van der Waals surface area contributed by atoms with Crippen LogP contribution in [0.1, 0.15) is 36.6 Å². The lowest BCUT2D eigenvalue weighted by molar-refractivity contribution is 0.448. The quantitative estimate of drug-likeness (QED) is 0.712. The number of pyridine rings is 1. The lowest BCUT2D eigenvalue weighted by Gasteiger charge is -2.24. The average molecular weight is 375 g/mol. The summed E-state index contributed by atoms with van der Waals surface area (Å²) in [6.45, 7) is 2.42. The number of piperidine rings is 1. The first-order valence-corrected chi connectivity index (χ1v) is 10.8. The van der Waals surface area contributed by atoms with Crippen molar-refractivity contribution >= 4 is 15.8 Å². The predicted octanol–water partition coefficient (Wildman–Crippen LogP) is 1.79. The molecular formula is C18H25N5O2S. The first-order chi connectivity index (χ1) is 12.5. The van der Waals surface area contributed by atoms with Crippen LogP contribution in [-0.4, -0.2) is 49.3 Å². The molecule has 1 aliphatic rings. The fourth-order valence-corrected chi connectivity index (χ4v) is 3.98. The second kappa shape index (κ2) is 8.55. The van der Waals surface area contributed by atoms with Gasteiger partial charge in [-0.1, -0.05) is 6.07 Å².